The average Bonchev–Trinajstić information content (AvgIpc) is 2.23. The van der Waals surface area contributed by atoms with Gasteiger partial charge in [-0.1, -0.05) is 0 Å². The third-order valence-electron chi connectivity index (χ3n) is 2.92. The average molecular weight is 156 g/mol. The number of nitrogens with two attached hydrogens (primary N) is 1. The zero-order chi connectivity index (χ0) is 7.84. The third-order valence-corrected chi connectivity index (χ3v) is 2.92. The van der Waals surface area contributed by atoms with Crippen molar-refractivity contribution in [2.75, 3.05) is 33.3 Å². The minimum absolute atomic E-state index is 0.420. The van der Waals surface area contributed by atoms with Crippen molar-refractivity contribution < 1.29 is 4.74 Å². The number of fused-ring (bicyclic) bond motifs is 2. The first kappa shape index (κ1) is 7.53. The van der Waals surface area contributed by atoms with Crippen LogP contribution in [-0.4, -0.2) is 44.3 Å². The number of likely N-dealkylation sites (N-methyl/N-ethyl adjacent to an activating group) is 1. The van der Waals surface area contributed by atoms with Gasteiger partial charge in [0.25, 0.3) is 0 Å². The minimum Gasteiger partial charge on any atom is -0.376 e. The summed E-state index contributed by atoms with van der Waals surface area (Å²) in [5.41, 5.74) is 5.67. The second-order valence-corrected chi connectivity index (χ2v) is 3.75. The Morgan fingerprint density at radius 2 is 2.36 bits per heavy atom. The SMILES string of the molecule is CN1C[C@@H]2CO[C@H](C1)[C@H]2CN. The van der Waals surface area contributed by atoms with E-state index in [4.69, 9.17) is 10.5 Å². The third kappa shape index (κ3) is 1.17. The number of nitrogens with zero attached hydrogens (tertiary/aromatic N) is 1. The van der Waals surface area contributed by atoms with Gasteiger partial charge in [-0.25, -0.2) is 0 Å². The zero-order valence-electron chi connectivity index (χ0n) is 6.99. The molecular weight excluding hydrogens is 140 g/mol. The molecule has 0 unspecified atom stereocenters. The molecule has 0 aliphatic carbocycles. The number of hydrogen-bond donors (Lipinski definition) is 1. The van der Waals surface area contributed by atoms with Crippen LogP contribution in [0.3, 0.4) is 0 Å². The van der Waals surface area contributed by atoms with Crippen LogP contribution < -0.4 is 5.73 Å². The summed E-state index contributed by atoms with van der Waals surface area (Å²) in [5, 5.41) is 0. The highest BCUT2D eigenvalue weighted by Crippen LogP contribution is 2.31. The highest BCUT2D eigenvalue weighted by molar-refractivity contribution is 4.91. The van der Waals surface area contributed by atoms with Gasteiger partial charge in [0.2, 0.25) is 0 Å². The maximum atomic E-state index is 5.67. The molecule has 2 bridgehead atoms. The van der Waals surface area contributed by atoms with Crippen molar-refractivity contribution in [3.8, 4) is 0 Å². The number of hydrogen-bond acceptors (Lipinski definition) is 3. The number of ether oxygens (including phenoxy) is 1. The Kier molecular flexibility index (Phi) is 1.87. The molecule has 3 atom stereocenters. The summed E-state index contributed by atoms with van der Waals surface area (Å²) < 4.78 is 5.63. The van der Waals surface area contributed by atoms with Gasteiger partial charge in [-0.2, -0.15) is 0 Å². The van der Waals surface area contributed by atoms with Gasteiger partial charge in [-0.15, -0.1) is 0 Å². The fourth-order valence-corrected chi connectivity index (χ4v) is 2.30. The van der Waals surface area contributed by atoms with Crippen LogP contribution in [0.25, 0.3) is 0 Å². The van der Waals surface area contributed by atoms with Crippen molar-refractivity contribution >= 4 is 0 Å². The van der Waals surface area contributed by atoms with Crippen LogP contribution in [0.2, 0.25) is 0 Å². The maximum absolute atomic E-state index is 5.67. The van der Waals surface area contributed by atoms with Gasteiger partial charge < -0.3 is 15.4 Å². The number of likely N-dealkylation sites (tertiary alicyclic amines) is 1. The summed E-state index contributed by atoms with van der Waals surface area (Å²) in [7, 11) is 2.15. The fourth-order valence-electron chi connectivity index (χ4n) is 2.30. The highest BCUT2D eigenvalue weighted by atomic mass is 16.5. The topological polar surface area (TPSA) is 38.5 Å². The van der Waals surface area contributed by atoms with Crippen molar-refractivity contribution in [2.45, 2.75) is 6.10 Å². The zero-order valence-corrected chi connectivity index (χ0v) is 6.99. The fraction of sp³-hybridized carbons (Fsp3) is 1.00. The van der Waals surface area contributed by atoms with E-state index in [1.165, 1.54) is 6.54 Å². The summed E-state index contributed by atoms with van der Waals surface area (Å²) in [6, 6.07) is 0. The molecule has 0 spiro atoms. The molecule has 0 amide bonds. The minimum atomic E-state index is 0.420. The molecule has 11 heavy (non-hydrogen) atoms. The summed E-state index contributed by atoms with van der Waals surface area (Å²) >= 11 is 0. The van der Waals surface area contributed by atoms with Crippen LogP contribution in [0.15, 0.2) is 0 Å². The first-order valence-electron chi connectivity index (χ1n) is 4.31. The Morgan fingerprint density at radius 3 is 3.00 bits per heavy atom. The largest absolute Gasteiger partial charge is 0.376 e. The van der Waals surface area contributed by atoms with E-state index in [0.717, 1.165) is 19.7 Å². The molecule has 0 aromatic carbocycles. The van der Waals surface area contributed by atoms with Crippen LogP contribution in [0, 0.1) is 11.8 Å². The number of rotatable bonds is 1. The van der Waals surface area contributed by atoms with E-state index in [2.05, 4.69) is 11.9 Å². The molecule has 2 N–H and O–H groups in total. The molecular formula is C8H16N2O. The van der Waals surface area contributed by atoms with Crippen LogP contribution in [-0.2, 0) is 4.74 Å². The van der Waals surface area contributed by atoms with Gasteiger partial charge in [-0.3, -0.25) is 0 Å². The van der Waals surface area contributed by atoms with E-state index in [1.54, 1.807) is 0 Å². The van der Waals surface area contributed by atoms with Crippen molar-refractivity contribution in [1.82, 2.24) is 4.90 Å². The first-order valence-corrected chi connectivity index (χ1v) is 4.31. The Labute approximate surface area is 67.5 Å². The van der Waals surface area contributed by atoms with Gasteiger partial charge in [0.1, 0.15) is 0 Å². The standard InChI is InChI=1S/C8H16N2O/c1-10-3-6-5-11-8(4-10)7(6)2-9/h6-8H,2-5,9H2,1H3/t6-,7+,8-/m1/s1. The molecule has 0 saturated carbocycles. The van der Waals surface area contributed by atoms with Crippen LogP contribution in [0.5, 0.6) is 0 Å². The molecule has 2 heterocycles. The highest BCUT2D eigenvalue weighted by Gasteiger charge is 2.40. The molecule has 0 aromatic rings. The predicted molar refractivity (Wildman–Crippen MR) is 43.3 cm³/mol. The van der Waals surface area contributed by atoms with Crippen LogP contribution in [0.1, 0.15) is 0 Å². The molecule has 2 saturated heterocycles. The first-order chi connectivity index (χ1) is 5.31. The van der Waals surface area contributed by atoms with E-state index in [9.17, 15) is 0 Å². The molecule has 64 valence electrons. The molecule has 2 aliphatic heterocycles. The van der Waals surface area contributed by atoms with E-state index < -0.39 is 0 Å². The molecule has 2 aliphatic rings. The molecule has 3 nitrogen and oxygen atoms in total. The second-order valence-electron chi connectivity index (χ2n) is 3.75. The summed E-state index contributed by atoms with van der Waals surface area (Å²) in [6.07, 6.45) is 0.420. The lowest BCUT2D eigenvalue weighted by molar-refractivity contribution is 0.0625. The van der Waals surface area contributed by atoms with E-state index in [-0.39, 0.29) is 0 Å². The van der Waals surface area contributed by atoms with Gasteiger partial charge in [-0.05, 0) is 13.6 Å². The molecule has 2 rings (SSSR count). The van der Waals surface area contributed by atoms with Gasteiger partial charge in [0, 0.05) is 24.9 Å². The smallest absolute Gasteiger partial charge is 0.0746 e. The van der Waals surface area contributed by atoms with Gasteiger partial charge >= 0.3 is 0 Å². The quantitative estimate of drug-likeness (QED) is 0.557. The monoisotopic (exact) mass is 156 g/mol. The van der Waals surface area contributed by atoms with Gasteiger partial charge in [0.15, 0.2) is 0 Å². The lowest BCUT2D eigenvalue weighted by Crippen LogP contribution is -2.45. The van der Waals surface area contributed by atoms with Crippen LogP contribution in [0.4, 0.5) is 0 Å². The molecule has 0 aromatic heterocycles. The molecule has 2 fully saturated rings. The Hall–Kier alpha value is -0.120. The molecule has 3 heteroatoms. The summed E-state index contributed by atoms with van der Waals surface area (Å²) in [5.74, 6) is 1.33. The van der Waals surface area contributed by atoms with Crippen molar-refractivity contribution in [3.05, 3.63) is 0 Å². The second kappa shape index (κ2) is 2.73. The van der Waals surface area contributed by atoms with Gasteiger partial charge in [0.05, 0.1) is 12.7 Å². The normalized spacial score (nSPS) is 44.7. The Morgan fingerprint density at radius 1 is 1.55 bits per heavy atom. The number of piperidine rings is 1. The summed E-state index contributed by atoms with van der Waals surface area (Å²) in [4.78, 5) is 2.34. The summed E-state index contributed by atoms with van der Waals surface area (Å²) in [6.45, 7) is 3.96. The van der Waals surface area contributed by atoms with Crippen molar-refractivity contribution in [2.24, 2.45) is 17.6 Å². The van der Waals surface area contributed by atoms with Crippen molar-refractivity contribution in [1.29, 1.82) is 0 Å². The maximum Gasteiger partial charge on any atom is 0.0746 e. The lowest BCUT2D eigenvalue weighted by atomic mass is 9.87. The lowest BCUT2D eigenvalue weighted by Gasteiger charge is -2.33. The van der Waals surface area contributed by atoms with E-state index in [1.807, 2.05) is 0 Å². The van der Waals surface area contributed by atoms with E-state index >= 15 is 0 Å². The van der Waals surface area contributed by atoms with Crippen LogP contribution >= 0.6 is 0 Å². The Bertz CT molecular complexity index is 137. The van der Waals surface area contributed by atoms with Crippen molar-refractivity contribution in [3.63, 3.8) is 0 Å². The Balaban J connectivity index is 2.06. The van der Waals surface area contributed by atoms with E-state index in [0.29, 0.717) is 17.9 Å². The predicted octanol–water partition coefficient (Wildman–Crippen LogP) is -0.478. The molecule has 0 radical (unpaired) electrons.